The maximum atomic E-state index is 4.92. The molecular weight excluding hydrogens is 765 g/mol. The van der Waals surface area contributed by atoms with E-state index in [1.54, 1.807) is 0 Å². The molecule has 0 atom stereocenters. The Hall–Kier alpha value is -8.00. The molecule has 286 valence electrons. The average molecular weight is 799 g/mol. The molecule has 0 aliphatic heterocycles. The van der Waals surface area contributed by atoms with Crippen molar-refractivity contribution in [1.29, 1.82) is 0 Å². The summed E-state index contributed by atoms with van der Waals surface area (Å²) in [5.74, 6) is 3.89. The summed E-state index contributed by atoms with van der Waals surface area (Å²) in [6.45, 7) is 0. The van der Waals surface area contributed by atoms with Gasteiger partial charge in [0.25, 0.3) is 0 Å². The molecule has 0 unspecified atom stereocenters. The molecular formula is C54H34N6S. The van der Waals surface area contributed by atoms with Gasteiger partial charge in [-0.15, -0.1) is 11.3 Å². The number of thiophene rings is 1. The van der Waals surface area contributed by atoms with Crippen molar-refractivity contribution in [2.75, 3.05) is 0 Å². The zero-order valence-electron chi connectivity index (χ0n) is 32.7. The van der Waals surface area contributed by atoms with Crippen LogP contribution in [0.1, 0.15) is 0 Å². The van der Waals surface area contributed by atoms with Gasteiger partial charge in [-0.3, -0.25) is 0 Å². The van der Waals surface area contributed by atoms with Gasteiger partial charge in [-0.05, 0) is 40.5 Å². The van der Waals surface area contributed by atoms with Crippen molar-refractivity contribution in [3.63, 3.8) is 0 Å². The van der Waals surface area contributed by atoms with Crippen LogP contribution in [-0.4, -0.2) is 29.9 Å². The molecule has 0 radical (unpaired) electrons. The highest BCUT2D eigenvalue weighted by molar-refractivity contribution is 7.25. The third kappa shape index (κ3) is 7.24. The minimum absolute atomic E-state index is 0.643. The van der Waals surface area contributed by atoms with Crippen LogP contribution in [0.5, 0.6) is 0 Å². The summed E-state index contributed by atoms with van der Waals surface area (Å²) >= 11 is 1.82. The molecule has 0 N–H and O–H groups in total. The normalized spacial score (nSPS) is 11.3. The van der Waals surface area contributed by atoms with Gasteiger partial charge >= 0.3 is 0 Å². The number of hydrogen-bond donors (Lipinski definition) is 0. The Kier molecular flexibility index (Phi) is 9.26. The summed E-state index contributed by atoms with van der Waals surface area (Å²) in [5, 5.41) is 2.50. The number of benzene rings is 8. The Bertz CT molecular complexity index is 3200. The fourth-order valence-corrected chi connectivity index (χ4v) is 8.76. The van der Waals surface area contributed by atoms with Crippen LogP contribution in [0.15, 0.2) is 206 Å². The minimum atomic E-state index is 0.643. The molecule has 0 fully saturated rings. The van der Waals surface area contributed by atoms with E-state index in [2.05, 4.69) is 84.9 Å². The molecule has 3 heterocycles. The van der Waals surface area contributed by atoms with Crippen LogP contribution in [0, 0.1) is 0 Å². The average Bonchev–Trinajstić information content (AvgIpc) is 3.72. The van der Waals surface area contributed by atoms with Gasteiger partial charge in [-0.2, -0.15) is 0 Å². The van der Waals surface area contributed by atoms with Crippen molar-refractivity contribution in [3.8, 4) is 90.6 Å². The van der Waals surface area contributed by atoms with Gasteiger partial charge in [-0.25, -0.2) is 29.9 Å². The van der Waals surface area contributed by atoms with E-state index in [1.165, 1.54) is 20.2 Å². The number of fused-ring (bicyclic) bond motifs is 3. The SMILES string of the molecule is c1ccc(-c2nc(-c3ccccc3)nc(-c3ccc(-c4ccc5c(c4)sc4ccc(-c6ccc(-c7nc(-c8ccccc8)nc(-c8ccccc8)n7)cc6)cc45)cc3)n2)cc1. The summed E-state index contributed by atoms with van der Waals surface area (Å²) in [4.78, 5) is 29.3. The van der Waals surface area contributed by atoms with Crippen molar-refractivity contribution >= 4 is 31.5 Å². The second kappa shape index (κ2) is 15.6. The van der Waals surface area contributed by atoms with Gasteiger partial charge in [0.15, 0.2) is 34.9 Å². The highest BCUT2D eigenvalue weighted by Gasteiger charge is 2.15. The van der Waals surface area contributed by atoms with E-state index >= 15 is 0 Å². The van der Waals surface area contributed by atoms with E-state index in [1.807, 2.05) is 133 Å². The lowest BCUT2D eigenvalue weighted by Crippen LogP contribution is -2.00. The molecule has 8 aromatic carbocycles. The van der Waals surface area contributed by atoms with E-state index in [0.29, 0.717) is 34.9 Å². The van der Waals surface area contributed by atoms with Crippen LogP contribution in [0.4, 0.5) is 0 Å². The van der Waals surface area contributed by atoms with Crippen molar-refractivity contribution in [2.45, 2.75) is 0 Å². The monoisotopic (exact) mass is 798 g/mol. The molecule has 11 rings (SSSR count). The van der Waals surface area contributed by atoms with E-state index in [4.69, 9.17) is 29.9 Å². The number of rotatable bonds is 8. The van der Waals surface area contributed by atoms with Crippen LogP contribution in [0.2, 0.25) is 0 Å². The molecule has 0 bridgehead atoms. The first-order chi connectivity index (χ1) is 30.2. The topological polar surface area (TPSA) is 77.3 Å². The molecule has 61 heavy (non-hydrogen) atoms. The van der Waals surface area contributed by atoms with Gasteiger partial charge < -0.3 is 0 Å². The quantitative estimate of drug-likeness (QED) is 0.152. The number of aromatic nitrogens is 6. The Morgan fingerprint density at radius 1 is 0.213 bits per heavy atom. The third-order valence-corrected chi connectivity index (χ3v) is 12.0. The molecule has 0 amide bonds. The van der Waals surface area contributed by atoms with Crippen LogP contribution < -0.4 is 0 Å². The van der Waals surface area contributed by atoms with E-state index < -0.39 is 0 Å². The maximum absolute atomic E-state index is 4.92. The van der Waals surface area contributed by atoms with E-state index in [9.17, 15) is 0 Å². The zero-order chi connectivity index (χ0) is 40.5. The van der Waals surface area contributed by atoms with E-state index in [0.717, 1.165) is 55.6 Å². The molecule has 3 aromatic heterocycles. The van der Waals surface area contributed by atoms with Gasteiger partial charge in [-0.1, -0.05) is 188 Å². The molecule has 7 heteroatoms. The molecule has 0 saturated heterocycles. The fraction of sp³-hybridized carbons (Fsp3) is 0. The van der Waals surface area contributed by atoms with Crippen molar-refractivity contribution in [2.24, 2.45) is 0 Å². The lowest BCUT2D eigenvalue weighted by Gasteiger charge is -2.09. The molecule has 0 spiro atoms. The van der Waals surface area contributed by atoms with Crippen LogP contribution in [-0.2, 0) is 0 Å². The summed E-state index contributed by atoms with van der Waals surface area (Å²) in [6, 6.07) is 70.8. The Morgan fingerprint density at radius 3 is 0.885 bits per heavy atom. The van der Waals surface area contributed by atoms with Crippen molar-refractivity contribution < 1.29 is 0 Å². The number of nitrogens with zero attached hydrogens (tertiary/aromatic N) is 6. The first-order valence-electron chi connectivity index (χ1n) is 20.1. The Labute approximate surface area is 356 Å². The highest BCUT2D eigenvalue weighted by Crippen LogP contribution is 2.39. The van der Waals surface area contributed by atoms with Crippen LogP contribution in [0.25, 0.3) is 111 Å². The first kappa shape index (κ1) is 36.1. The fourth-order valence-electron chi connectivity index (χ4n) is 7.64. The summed E-state index contributed by atoms with van der Waals surface area (Å²) in [7, 11) is 0. The standard InChI is InChI=1S/C54H34N6S/c1-5-13-37(14-6-1)49-55-50(38-15-7-2-8-16-38)58-53(57-49)41-25-21-35(22-26-41)43-30-32-47-46(33-43)45-31-29-44(34-48(45)61-47)36-23-27-42(28-24-36)54-59-51(39-17-9-3-10-18-39)56-52(60-54)40-19-11-4-12-20-40/h1-34H. The van der Waals surface area contributed by atoms with Gasteiger partial charge in [0.1, 0.15) is 0 Å². The molecule has 11 aromatic rings. The van der Waals surface area contributed by atoms with Crippen LogP contribution >= 0.6 is 11.3 Å². The molecule has 0 aliphatic rings. The Balaban J connectivity index is 0.880. The molecule has 6 nitrogen and oxygen atoms in total. The lowest BCUT2D eigenvalue weighted by molar-refractivity contribution is 1.07. The van der Waals surface area contributed by atoms with E-state index in [-0.39, 0.29) is 0 Å². The maximum Gasteiger partial charge on any atom is 0.164 e. The van der Waals surface area contributed by atoms with Gasteiger partial charge in [0.05, 0.1) is 0 Å². The predicted molar refractivity (Wildman–Crippen MR) is 250 cm³/mol. The van der Waals surface area contributed by atoms with Crippen LogP contribution in [0.3, 0.4) is 0 Å². The molecule has 0 aliphatic carbocycles. The van der Waals surface area contributed by atoms with Gasteiger partial charge in [0, 0.05) is 53.6 Å². The zero-order valence-corrected chi connectivity index (χ0v) is 33.5. The van der Waals surface area contributed by atoms with Crippen molar-refractivity contribution in [1.82, 2.24) is 29.9 Å². The minimum Gasteiger partial charge on any atom is -0.208 e. The van der Waals surface area contributed by atoms with Gasteiger partial charge in [0.2, 0.25) is 0 Å². The summed E-state index contributed by atoms with van der Waals surface area (Å²) < 4.78 is 2.51. The van der Waals surface area contributed by atoms with Crippen molar-refractivity contribution in [3.05, 3.63) is 206 Å². The largest absolute Gasteiger partial charge is 0.208 e. The number of hydrogen-bond acceptors (Lipinski definition) is 7. The summed E-state index contributed by atoms with van der Waals surface area (Å²) in [5.41, 5.74) is 10.3. The second-order valence-electron chi connectivity index (χ2n) is 14.8. The predicted octanol–water partition coefficient (Wildman–Crippen LogP) is 13.8. The third-order valence-electron chi connectivity index (χ3n) is 10.8. The first-order valence-corrected chi connectivity index (χ1v) is 20.9. The Morgan fingerprint density at radius 2 is 0.508 bits per heavy atom. The smallest absolute Gasteiger partial charge is 0.164 e. The second-order valence-corrected chi connectivity index (χ2v) is 15.8. The lowest BCUT2D eigenvalue weighted by atomic mass is 9.99. The molecule has 0 saturated carbocycles. The highest BCUT2D eigenvalue weighted by atomic mass is 32.1. The summed E-state index contributed by atoms with van der Waals surface area (Å²) in [6.07, 6.45) is 0.